The molecule has 0 amide bonds. The number of rotatable bonds is 1. The van der Waals surface area contributed by atoms with Gasteiger partial charge in [-0.05, 0) is 18.9 Å². The quantitative estimate of drug-likeness (QED) is 0.691. The first-order valence-corrected chi connectivity index (χ1v) is 5.69. The Hall–Kier alpha value is -1.36. The Morgan fingerprint density at radius 1 is 1.67 bits per heavy atom. The van der Waals surface area contributed by atoms with E-state index in [0.29, 0.717) is 4.88 Å². The van der Waals surface area contributed by atoms with Crippen LogP contribution in [0.5, 0.6) is 0 Å². The number of esters is 1. The molecule has 3 rings (SSSR count). The van der Waals surface area contributed by atoms with Crippen molar-refractivity contribution in [2.75, 3.05) is 7.11 Å². The van der Waals surface area contributed by atoms with Crippen molar-refractivity contribution in [2.24, 2.45) is 0 Å². The van der Waals surface area contributed by atoms with Crippen LogP contribution >= 0.6 is 11.3 Å². The summed E-state index contributed by atoms with van der Waals surface area (Å²) in [6.45, 7) is 1.00. The van der Waals surface area contributed by atoms with Crippen molar-refractivity contribution in [2.45, 2.75) is 19.4 Å². The van der Waals surface area contributed by atoms with Crippen molar-refractivity contribution in [3.05, 3.63) is 16.6 Å². The number of methoxy groups -OCH3 is 1. The fourth-order valence-corrected chi connectivity index (χ4v) is 3.08. The molecule has 15 heavy (non-hydrogen) atoms. The fourth-order valence-electron chi connectivity index (χ4n) is 2.00. The molecule has 0 aromatic carbocycles. The maximum atomic E-state index is 11.3. The van der Waals surface area contributed by atoms with Crippen LogP contribution in [0.2, 0.25) is 0 Å². The summed E-state index contributed by atoms with van der Waals surface area (Å²) < 4.78 is 7.88. The largest absolute Gasteiger partial charge is 0.465 e. The molecule has 0 fully saturated rings. The summed E-state index contributed by atoms with van der Waals surface area (Å²) in [7, 11) is 1.40. The topological polar surface area (TPSA) is 44.1 Å². The highest BCUT2D eigenvalue weighted by Crippen LogP contribution is 2.32. The molecule has 1 aliphatic heterocycles. The second kappa shape index (κ2) is 3.06. The van der Waals surface area contributed by atoms with Crippen molar-refractivity contribution in [1.29, 1.82) is 0 Å². The zero-order valence-electron chi connectivity index (χ0n) is 8.32. The molecule has 0 radical (unpaired) electrons. The Morgan fingerprint density at radius 2 is 2.53 bits per heavy atom. The number of hydrogen-bond donors (Lipinski definition) is 0. The third-order valence-electron chi connectivity index (χ3n) is 2.68. The summed E-state index contributed by atoms with van der Waals surface area (Å²) in [6, 6.07) is 1.82. The van der Waals surface area contributed by atoms with Crippen LogP contribution in [0.15, 0.2) is 6.07 Å². The zero-order chi connectivity index (χ0) is 10.4. The highest BCUT2D eigenvalue weighted by molar-refractivity contribution is 7.20. The molecule has 0 saturated heterocycles. The zero-order valence-corrected chi connectivity index (χ0v) is 9.13. The lowest BCUT2D eigenvalue weighted by atomic mass is 10.3. The van der Waals surface area contributed by atoms with E-state index in [9.17, 15) is 4.79 Å². The van der Waals surface area contributed by atoms with Crippen molar-refractivity contribution in [3.63, 3.8) is 0 Å². The summed E-state index contributed by atoms with van der Waals surface area (Å²) in [5.74, 6) is -0.269. The van der Waals surface area contributed by atoms with E-state index in [2.05, 4.69) is 5.10 Å². The maximum absolute atomic E-state index is 11.3. The molecular weight excluding hydrogens is 212 g/mol. The number of hydrogen-bond acceptors (Lipinski definition) is 4. The van der Waals surface area contributed by atoms with E-state index < -0.39 is 0 Å². The molecule has 0 aliphatic carbocycles. The molecule has 5 heteroatoms. The van der Waals surface area contributed by atoms with Crippen LogP contribution < -0.4 is 0 Å². The van der Waals surface area contributed by atoms with Gasteiger partial charge >= 0.3 is 5.97 Å². The predicted octanol–water partition coefficient (Wildman–Crippen LogP) is 1.83. The Balaban J connectivity index is 2.16. The Kier molecular flexibility index (Phi) is 1.82. The van der Waals surface area contributed by atoms with Crippen LogP contribution in [0.1, 0.15) is 21.8 Å². The maximum Gasteiger partial charge on any atom is 0.348 e. The van der Waals surface area contributed by atoms with Crippen LogP contribution in [0.4, 0.5) is 0 Å². The van der Waals surface area contributed by atoms with Gasteiger partial charge in [-0.2, -0.15) is 5.10 Å². The van der Waals surface area contributed by atoms with Crippen LogP contribution in [-0.2, 0) is 17.7 Å². The highest BCUT2D eigenvalue weighted by atomic mass is 32.1. The number of aryl methyl sites for hydroxylation is 2. The minimum absolute atomic E-state index is 0.269. The van der Waals surface area contributed by atoms with Gasteiger partial charge in [-0.3, -0.25) is 4.68 Å². The summed E-state index contributed by atoms with van der Waals surface area (Å²) in [4.78, 5) is 12.0. The third-order valence-corrected chi connectivity index (χ3v) is 3.84. The van der Waals surface area contributed by atoms with Gasteiger partial charge in [-0.1, -0.05) is 0 Å². The van der Waals surface area contributed by atoms with E-state index in [1.807, 2.05) is 10.7 Å². The van der Waals surface area contributed by atoms with Gasteiger partial charge in [0.25, 0.3) is 0 Å². The number of carbonyl (C=O) groups excluding carboxylic acids is 1. The van der Waals surface area contributed by atoms with E-state index >= 15 is 0 Å². The monoisotopic (exact) mass is 222 g/mol. The van der Waals surface area contributed by atoms with Crippen LogP contribution in [-0.4, -0.2) is 22.9 Å². The second-order valence-electron chi connectivity index (χ2n) is 3.59. The molecule has 2 aromatic rings. The summed E-state index contributed by atoms with van der Waals surface area (Å²) in [5, 5.41) is 4.45. The lowest BCUT2D eigenvalue weighted by molar-refractivity contribution is 0.0606. The van der Waals surface area contributed by atoms with Crippen molar-refractivity contribution < 1.29 is 9.53 Å². The van der Waals surface area contributed by atoms with E-state index in [1.54, 1.807) is 0 Å². The first-order chi connectivity index (χ1) is 7.29. The molecule has 0 unspecified atom stereocenters. The van der Waals surface area contributed by atoms with Gasteiger partial charge in [-0.25, -0.2) is 4.79 Å². The summed E-state index contributed by atoms with van der Waals surface area (Å²) in [6.07, 6.45) is 2.22. The van der Waals surface area contributed by atoms with Gasteiger partial charge in [-0.15, -0.1) is 11.3 Å². The van der Waals surface area contributed by atoms with E-state index in [4.69, 9.17) is 4.74 Å². The molecule has 4 nitrogen and oxygen atoms in total. The number of fused-ring (bicyclic) bond motifs is 3. The standard InChI is InChI=1S/C10H10N2O2S/c1-14-10(13)8-5-6-9(15-8)7-3-2-4-12(7)11-6/h5H,2-4H2,1H3. The van der Waals surface area contributed by atoms with Crippen molar-refractivity contribution in [3.8, 4) is 0 Å². The molecular formula is C10H10N2O2S. The van der Waals surface area contributed by atoms with Gasteiger partial charge in [0.2, 0.25) is 0 Å². The van der Waals surface area contributed by atoms with E-state index in [-0.39, 0.29) is 5.97 Å². The van der Waals surface area contributed by atoms with Crippen LogP contribution in [0.25, 0.3) is 10.2 Å². The third kappa shape index (κ3) is 1.19. The first kappa shape index (κ1) is 8.91. The van der Waals surface area contributed by atoms with Gasteiger partial charge in [0.1, 0.15) is 10.4 Å². The fraction of sp³-hybridized carbons (Fsp3) is 0.400. The average Bonchev–Trinajstić information content (AvgIpc) is 2.85. The molecule has 78 valence electrons. The Labute approximate surface area is 90.5 Å². The summed E-state index contributed by atoms with van der Waals surface area (Å²) in [5.41, 5.74) is 2.19. The smallest absolute Gasteiger partial charge is 0.348 e. The van der Waals surface area contributed by atoms with Gasteiger partial charge in [0, 0.05) is 6.54 Å². The molecule has 0 N–H and O–H groups in total. The molecule has 0 bridgehead atoms. The Morgan fingerprint density at radius 3 is 3.33 bits per heavy atom. The minimum atomic E-state index is -0.269. The van der Waals surface area contributed by atoms with Crippen molar-refractivity contribution in [1.82, 2.24) is 9.78 Å². The van der Waals surface area contributed by atoms with Gasteiger partial charge in [0.15, 0.2) is 0 Å². The normalized spacial score (nSPS) is 14.5. The lowest BCUT2D eigenvalue weighted by Crippen LogP contribution is -1.97. The lowest BCUT2D eigenvalue weighted by Gasteiger charge is -1.93. The average molecular weight is 222 g/mol. The SMILES string of the molecule is COC(=O)c1cc2nn3c(c2s1)CCC3. The second-order valence-corrected chi connectivity index (χ2v) is 4.64. The number of nitrogens with zero attached hydrogens (tertiary/aromatic N) is 2. The number of carbonyl (C=O) groups is 1. The van der Waals surface area contributed by atoms with Crippen LogP contribution in [0.3, 0.4) is 0 Å². The van der Waals surface area contributed by atoms with E-state index in [1.165, 1.54) is 24.1 Å². The molecule has 2 aromatic heterocycles. The summed E-state index contributed by atoms with van der Waals surface area (Å²) >= 11 is 1.48. The molecule has 0 saturated carbocycles. The Bertz CT molecular complexity index is 541. The van der Waals surface area contributed by atoms with Gasteiger partial charge < -0.3 is 4.74 Å². The minimum Gasteiger partial charge on any atom is -0.465 e. The molecule has 3 heterocycles. The molecule has 1 aliphatic rings. The molecule has 0 spiro atoms. The van der Waals surface area contributed by atoms with Gasteiger partial charge in [0.05, 0.1) is 17.5 Å². The number of thiophene rings is 1. The highest BCUT2D eigenvalue weighted by Gasteiger charge is 2.20. The first-order valence-electron chi connectivity index (χ1n) is 4.87. The number of ether oxygens (including phenoxy) is 1. The molecule has 0 atom stereocenters. The van der Waals surface area contributed by atoms with E-state index in [0.717, 1.165) is 29.6 Å². The number of aromatic nitrogens is 2. The van der Waals surface area contributed by atoms with Crippen LogP contribution in [0, 0.1) is 0 Å². The predicted molar refractivity (Wildman–Crippen MR) is 57.3 cm³/mol. The van der Waals surface area contributed by atoms with Crippen molar-refractivity contribution >= 4 is 27.5 Å².